The zero-order chi connectivity index (χ0) is 34.2. The van der Waals surface area contributed by atoms with Gasteiger partial charge >= 0.3 is 0 Å². The summed E-state index contributed by atoms with van der Waals surface area (Å²) >= 11 is 3.73. The number of rotatable bonds is 5. The first-order valence-corrected chi connectivity index (χ1v) is 19.1. The van der Waals surface area contributed by atoms with Crippen LogP contribution < -0.4 is 4.90 Å². The largest absolute Gasteiger partial charge is 0.456 e. The number of furan rings is 1. The average Bonchev–Trinajstić information content (AvgIpc) is 3.90. The van der Waals surface area contributed by atoms with E-state index >= 15 is 0 Å². The van der Waals surface area contributed by atoms with Crippen LogP contribution in [0.25, 0.3) is 84.5 Å². The molecule has 0 spiro atoms. The molecular weight excluding hydrogens is 671 g/mol. The van der Waals surface area contributed by atoms with Gasteiger partial charge in [0.1, 0.15) is 11.2 Å². The van der Waals surface area contributed by atoms with Gasteiger partial charge in [0.25, 0.3) is 0 Å². The van der Waals surface area contributed by atoms with Crippen LogP contribution in [0.1, 0.15) is 0 Å². The van der Waals surface area contributed by atoms with Crippen molar-refractivity contribution >= 4 is 102 Å². The van der Waals surface area contributed by atoms with E-state index in [2.05, 4.69) is 169 Å². The van der Waals surface area contributed by atoms with Crippen LogP contribution in [0.2, 0.25) is 0 Å². The van der Waals surface area contributed by atoms with E-state index in [0.717, 1.165) is 39.0 Å². The lowest BCUT2D eigenvalue weighted by Gasteiger charge is -2.26. The maximum absolute atomic E-state index is 6.43. The van der Waals surface area contributed by atoms with Crippen molar-refractivity contribution in [3.05, 3.63) is 176 Å². The van der Waals surface area contributed by atoms with Gasteiger partial charge in [0.2, 0.25) is 0 Å². The van der Waals surface area contributed by atoms with Gasteiger partial charge in [0.15, 0.2) is 0 Å². The quantitative estimate of drug-likeness (QED) is 0.178. The van der Waals surface area contributed by atoms with Crippen molar-refractivity contribution in [2.45, 2.75) is 0 Å². The van der Waals surface area contributed by atoms with Gasteiger partial charge in [-0.2, -0.15) is 0 Å². The van der Waals surface area contributed by atoms with Crippen molar-refractivity contribution in [1.82, 2.24) is 0 Å². The van der Waals surface area contributed by atoms with Crippen molar-refractivity contribution < 1.29 is 4.42 Å². The maximum Gasteiger partial charge on any atom is 0.137 e. The predicted molar refractivity (Wildman–Crippen MR) is 225 cm³/mol. The minimum Gasteiger partial charge on any atom is -0.456 e. The van der Waals surface area contributed by atoms with Crippen LogP contribution in [0.5, 0.6) is 0 Å². The van der Waals surface area contributed by atoms with Crippen LogP contribution in [0.4, 0.5) is 17.1 Å². The van der Waals surface area contributed by atoms with Crippen molar-refractivity contribution in [1.29, 1.82) is 0 Å². The number of hydrogen-bond acceptors (Lipinski definition) is 4. The van der Waals surface area contributed by atoms with Crippen LogP contribution in [-0.4, -0.2) is 0 Å². The van der Waals surface area contributed by atoms with Gasteiger partial charge in [-0.1, -0.05) is 115 Å². The summed E-state index contributed by atoms with van der Waals surface area (Å²) in [5.74, 6) is 0. The number of para-hydroxylation sites is 1. The zero-order valence-electron chi connectivity index (χ0n) is 27.9. The Labute approximate surface area is 308 Å². The summed E-state index contributed by atoms with van der Waals surface area (Å²) in [7, 11) is 0. The molecule has 0 bridgehead atoms. The van der Waals surface area contributed by atoms with E-state index < -0.39 is 0 Å². The van der Waals surface area contributed by atoms with E-state index in [-0.39, 0.29) is 0 Å². The molecule has 11 rings (SSSR count). The molecule has 2 nitrogen and oxygen atoms in total. The standard InChI is InChI=1S/C48H29NOS2/c1-2-10-31(11-3-1)35-14-8-15-39-40-16-9-17-42(48(40)52-47(35)39)49(34-25-26-37-36-12-4-6-18-43(36)50-44(37)29-34)33-23-20-30(21-24-33)32-22-27-46-41(28-32)38-13-5-7-19-45(38)51-46/h1-29H. The Balaban J connectivity index is 1.10. The van der Waals surface area contributed by atoms with E-state index in [1.54, 1.807) is 0 Å². The molecule has 0 radical (unpaired) electrons. The summed E-state index contributed by atoms with van der Waals surface area (Å²) in [6.07, 6.45) is 0. The van der Waals surface area contributed by atoms with Gasteiger partial charge in [-0.25, -0.2) is 0 Å². The zero-order valence-corrected chi connectivity index (χ0v) is 29.5. The highest BCUT2D eigenvalue weighted by Gasteiger charge is 2.21. The smallest absolute Gasteiger partial charge is 0.137 e. The third-order valence-corrected chi connectivity index (χ3v) is 12.7. The molecule has 11 aromatic rings. The number of thiophene rings is 2. The molecule has 0 unspecified atom stereocenters. The summed E-state index contributed by atoms with van der Waals surface area (Å²) in [5.41, 5.74) is 9.99. The number of fused-ring (bicyclic) bond motifs is 9. The lowest BCUT2D eigenvalue weighted by molar-refractivity contribution is 0.669. The SMILES string of the molecule is c1ccc(-c2cccc3c2sc2c(N(c4ccc(-c5ccc6sc7ccccc7c6c5)cc4)c4ccc5c(c4)oc4ccccc45)cccc23)cc1. The molecular formula is C48H29NOS2. The molecule has 52 heavy (non-hydrogen) atoms. The molecule has 0 saturated heterocycles. The summed E-state index contributed by atoms with van der Waals surface area (Å²) in [4.78, 5) is 2.39. The molecule has 0 saturated carbocycles. The average molecular weight is 700 g/mol. The first-order valence-electron chi connectivity index (χ1n) is 17.5. The molecule has 0 atom stereocenters. The van der Waals surface area contributed by atoms with E-state index in [9.17, 15) is 0 Å². The number of benzene rings is 8. The lowest BCUT2D eigenvalue weighted by Crippen LogP contribution is -2.10. The second-order valence-corrected chi connectivity index (χ2v) is 15.4. The van der Waals surface area contributed by atoms with Crippen molar-refractivity contribution in [2.75, 3.05) is 4.90 Å². The summed E-state index contributed by atoms with van der Waals surface area (Å²) in [5, 5.41) is 7.43. The van der Waals surface area contributed by atoms with Crippen molar-refractivity contribution in [2.24, 2.45) is 0 Å². The molecule has 244 valence electrons. The predicted octanol–water partition coefficient (Wildman–Crippen LogP) is 15.1. The fraction of sp³-hybridized carbons (Fsp3) is 0. The Morgan fingerprint density at radius 1 is 0.365 bits per heavy atom. The maximum atomic E-state index is 6.43. The van der Waals surface area contributed by atoms with E-state index in [4.69, 9.17) is 4.42 Å². The Morgan fingerprint density at radius 2 is 1.04 bits per heavy atom. The second kappa shape index (κ2) is 11.7. The fourth-order valence-electron chi connectivity index (χ4n) is 7.82. The highest BCUT2D eigenvalue weighted by Crippen LogP contribution is 2.48. The number of hydrogen-bond donors (Lipinski definition) is 0. The molecule has 3 heterocycles. The van der Waals surface area contributed by atoms with Gasteiger partial charge < -0.3 is 9.32 Å². The van der Waals surface area contributed by atoms with Crippen LogP contribution in [0.3, 0.4) is 0 Å². The molecule has 4 heteroatoms. The normalized spacial score (nSPS) is 11.8. The number of anilines is 3. The molecule has 0 amide bonds. The number of nitrogens with zero attached hydrogens (tertiary/aromatic N) is 1. The van der Waals surface area contributed by atoms with Gasteiger partial charge in [-0.3, -0.25) is 0 Å². The first kappa shape index (κ1) is 29.5. The Kier molecular flexibility index (Phi) is 6.63. The van der Waals surface area contributed by atoms with Gasteiger partial charge in [-0.05, 0) is 76.9 Å². The van der Waals surface area contributed by atoms with E-state index in [0.29, 0.717) is 0 Å². The lowest BCUT2D eigenvalue weighted by atomic mass is 10.0. The molecule has 3 aromatic heterocycles. The minimum absolute atomic E-state index is 0.881. The van der Waals surface area contributed by atoms with Gasteiger partial charge in [0.05, 0.1) is 10.4 Å². The van der Waals surface area contributed by atoms with Crippen LogP contribution in [-0.2, 0) is 0 Å². The topological polar surface area (TPSA) is 16.4 Å². The summed E-state index contributed by atoms with van der Waals surface area (Å²) in [6, 6.07) is 63.7. The highest BCUT2D eigenvalue weighted by molar-refractivity contribution is 7.27. The highest BCUT2D eigenvalue weighted by atomic mass is 32.1. The van der Waals surface area contributed by atoms with Crippen LogP contribution in [0.15, 0.2) is 180 Å². The van der Waals surface area contributed by atoms with Crippen LogP contribution in [0, 0.1) is 0 Å². The molecule has 0 aliphatic rings. The monoisotopic (exact) mass is 699 g/mol. The third kappa shape index (κ3) is 4.62. The Hall–Kier alpha value is -6.20. The second-order valence-electron chi connectivity index (χ2n) is 13.3. The summed E-state index contributed by atoms with van der Waals surface area (Å²) < 4.78 is 11.6. The molecule has 8 aromatic carbocycles. The van der Waals surface area contributed by atoms with E-state index in [1.165, 1.54) is 62.6 Å². The fourth-order valence-corrected chi connectivity index (χ4v) is 10.2. The van der Waals surface area contributed by atoms with Crippen LogP contribution >= 0.6 is 22.7 Å². The Morgan fingerprint density at radius 3 is 1.92 bits per heavy atom. The summed E-state index contributed by atoms with van der Waals surface area (Å²) in [6.45, 7) is 0. The Bertz CT molecular complexity index is 3130. The molecule has 0 aliphatic carbocycles. The molecule has 0 fully saturated rings. The van der Waals surface area contributed by atoms with Crippen molar-refractivity contribution in [3.8, 4) is 22.3 Å². The van der Waals surface area contributed by atoms with E-state index in [1.807, 2.05) is 34.8 Å². The van der Waals surface area contributed by atoms with Gasteiger partial charge in [0, 0.05) is 63.9 Å². The minimum atomic E-state index is 0.881. The van der Waals surface area contributed by atoms with Crippen molar-refractivity contribution in [3.63, 3.8) is 0 Å². The third-order valence-electron chi connectivity index (χ3n) is 10.3. The first-order chi connectivity index (χ1) is 25.8. The van der Waals surface area contributed by atoms with Gasteiger partial charge in [-0.15, -0.1) is 22.7 Å². The molecule has 0 aliphatic heterocycles. The molecule has 0 N–H and O–H groups in total.